The van der Waals surface area contributed by atoms with Crippen molar-refractivity contribution in [3.05, 3.63) is 17.5 Å². The smallest absolute Gasteiger partial charge is 0.226 e. The summed E-state index contributed by atoms with van der Waals surface area (Å²) in [6.07, 6.45) is 2.41. The van der Waals surface area contributed by atoms with Crippen LogP contribution >= 0.6 is 0 Å². The van der Waals surface area contributed by atoms with Crippen molar-refractivity contribution in [2.24, 2.45) is 0 Å². The molecule has 0 aliphatic carbocycles. The van der Waals surface area contributed by atoms with Gasteiger partial charge in [0.2, 0.25) is 15.0 Å². The lowest BCUT2D eigenvalue weighted by Gasteiger charge is -2.06. The predicted octanol–water partition coefficient (Wildman–Crippen LogP) is 0.875. The summed E-state index contributed by atoms with van der Waals surface area (Å²) < 4.78 is 22.3. The van der Waals surface area contributed by atoms with Gasteiger partial charge in [-0.25, -0.2) is 18.4 Å². The van der Waals surface area contributed by atoms with Gasteiger partial charge < -0.3 is 0 Å². The van der Waals surface area contributed by atoms with Crippen LogP contribution in [0.25, 0.3) is 0 Å². The van der Waals surface area contributed by atoms with Gasteiger partial charge in [0.25, 0.3) is 0 Å². The molecule has 0 fully saturated rings. The Hall–Kier alpha value is -1.48. The highest BCUT2D eigenvalue weighted by Crippen LogP contribution is 2.17. The maximum Gasteiger partial charge on any atom is 0.248 e. The Bertz CT molecular complexity index is 515. The lowest BCUT2D eigenvalue weighted by molar-refractivity contribution is 0.591. The average molecular weight is 225 g/mol. The SMILES string of the molecule is CC(C)c1cnc(S(C)(=O)=O)nc1C#N. The molecule has 15 heavy (non-hydrogen) atoms. The molecule has 0 aromatic carbocycles. The first-order valence-corrected chi connectivity index (χ1v) is 6.22. The van der Waals surface area contributed by atoms with Crippen molar-refractivity contribution in [2.45, 2.75) is 24.9 Å². The van der Waals surface area contributed by atoms with Crippen LogP contribution in [-0.4, -0.2) is 24.6 Å². The number of nitrogens with zero attached hydrogens (tertiary/aromatic N) is 3. The van der Waals surface area contributed by atoms with Crippen LogP contribution in [0.1, 0.15) is 31.0 Å². The molecule has 5 nitrogen and oxygen atoms in total. The standard InChI is InChI=1S/C9H11N3O2S/c1-6(2)7-5-11-9(15(3,13)14)12-8(7)4-10/h5-6H,1-3H3. The zero-order valence-corrected chi connectivity index (χ0v) is 9.54. The highest BCUT2D eigenvalue weighted by atomic mass is 32.2. The lowest BCUT2D eigenvalue weighted by atomic mass is 10.0. The molecule has 0 amide bonds. The van der Waals surface area contributed by atoms with E-state index in [-0.39, 0.29) is 16.8 Å². The van der Waals surface area contributed by atoms with Gasteiger partial charge in [-0.05, 0) is 5.92 Å². The molecule has 0 bridgehead atoms. The first-order valence-electron chi connectivity index (χ1n) is 4.33. The molecule has 6 heteroatoms. The molecule has 0 N–H and O–H groups in total. The van der Waals surface area contributed by atoms with E-state index in [0.29, 0.717) is 5.56 Å². The molecule has 0 aliphatic heterocycles. The molecule has 1 heterocycles. The molecular weight excluding hydrogens is 214 g/mol. The fourth-order valence-corrected chi connectivity index (χ4v) is 1.57. The molecule has 1 rings (SSSR count). The van der Waals surface area contributed by atoms with Gasteiger partial charge in [-0.15, -0.1) is 0 Å². The largest absolute Gasteiger partial charge is 0.248 e. The lowest BCUT2D eigenvalue weighted by Crippen LogP contribution is -2.08. The van der Waals surface area contributed by atoms with Crippen LogP contribution in [0.15, 0.2) is 11.4 Å². The van der Waals surface area contributed by atoms with E-state index in [1.54, 1.807) is 0 Å². The average Bonchev–Trinajstić information content (AvgIpc) is 2.15. The number of sulfone groups is 1. The Kier molecular flexibility index (Phi) is 3.05. The number of aromatic nitrogens is 2. The Morgan fingerprint density at radius 2 is 2.07 bits per heavy atom. The van der Waals surface area contributed by atoms with E-state index in [1.807, 2.05) is 19.9 Å². The molecule has 0 unspecified atom stereocenters. The van der Waals surface area contributed by atoms with Crippen LogP contribution < -0.4 is 0 Å². The first kappa shape index (κ1) is 11.6. The van der Waals surface area contributed by atoms with Gasteiger partial charge in [-0.3, -0.25) is 0 Å². The highest BCUT2D eigenvalue weighted by molar-refractivity contribution is 7.90. The summed E-state index contributed by atoms with van der Waals surface area (Å²) in [5.74, 6) is 0.0910. The number of nitriles is 1. The molecule has 0 spiro atoms. The maximum atomic E-state index is 11.1. The summed E-state index contributed by atoms with van der Waals surface area (Å²) in [7, 11) is -3.45. The zero-order valence-electron chi connectivity index (χ0n) is 8.72. The van der Waals surface area contributed by atoms with E-state index in [9.17, 15) is 8.42 Å². The molecule has 0 saturated heterocycles. The van der Waals surface area contributed by atoms with Crippen molar-refractivity contribution in [3.8, 4) is 6.07 Å². The second kappa shape index (κ2) is 3.95. The fraction of sp³-hybridized carbons (Fsp3) is 0.444. The van der Waals surface area contributed by atoms with Crippen LogP contribution in [0, 0.1) is 11.3 Å². The van der Waals surface area contributed by atoms with Crippen molar-refractivity contribution in [1.82, 2.24) is 9.97 Å². The van der Waals surface area contributed by atoms with Crippen molar-refractivity contribution in [1.29, 1.82) is 5.26 Å². The van der Waals surface area contributed by atoms with Crippen LogP contribution in [0.2, 0.25) is 0 Å². The van der Waals surface area contributed by atoms with Crippen molar-refractivity contribution in [3.63, 3.8) is 0 Å². The zero-order chi connectivity index (χ0) is 11.6. The molecule has 0 saturated carbocycles. The second-order valence-corrected chi connectivity index (χ2v) is 5.40. The molecule has 1 aromatic heterocycles. The normalized spacial score (nSPS) is 11.4. The Balaban J connectivity index is 3.40. The molecular formula is C9H11N3O2S. The fourth-order valence-electron chi connectivity index (χ4n) is 1.07. The Morgan fingerprint density at radius 1 is 1.47 bits per heavy atom. The Morgan fingerprint density at radius 3 is 2.47 bits per heavy atom. The van der Waals surface area contributed by atoms with Crippen LogP contribution in [-0.2, 0) is 9.84 Å². The second-order valence-electron chi connectivity index (χ2n) is 3.50. The van der Waals surface area contributed by atoms with Gasteiger partial charge in [0.1, 0.15) is 11.8 Å². The van der Waals surface area contributed by atoms with E-state index in [4.69, 9.17) is 5.26 Å². The third kappa shape index (κ3) is 2.50. The van der Waals surface area contributed by atoms with Crippen LogP contribution in [0.4, 0.5) is 0 Å². The van der Waals surface area contributed by atoms with Gasteiger partial charge in [0.15, 0.2) is 0 Å². The van der Waals surface area contributed by atoms with E-state index in [0.717, 1.165) is 6.26 Å². The van der Waals surface area contributed by atoms with E-state index in [1.165, 1.54) is 6.20 Å². The maximum absolute atomic E-state index is 11.1. The van der Waals surface area contributed by atoms with E-state index < -0.39 is 9.84 Å². The quantitative estimate of drug-likeness (QED) is 0.697. The number of hydrogen-bond acceptors (Lipinski definition) is 5. The monoisotopic (exact) mass is 225 g/mol. The molecule has 0 atom stereocenters. The molecule has 1 aromatic rings. The summed E-state index contributed by atoms with van der Waals surface area (Å²) in [6, 6.07) is 1.87. The van der Waals surface area contributed by atoms with Crippen LogP contribution in [0.3, 0.4) is 0 Å². The van der Waals surface area contributed by atoms with Crippen LogP contribution in [0.5, 0.6) is 0 Å². The Labute approximate surface area is 88.7 Å². The highest BCUT2D eigenvalue weighted by Gasteiger charge is 2.15. The summed E-state index contributed by atoms with van der Waals surface area (Å²) in [4.78, 5) is 7.45. The number of rotatable bonds is 2. The van der Waals surface area contributed by atoms with Gasteiger partial charge in [-0.1, -0.05) is 13.8 Å². The summed E-state index contributed by atoms with van der Waals surface area (Å²) in [5, 5.41) is 8.52. The minimum absolute atomic E-state index is 0.0910. The van der Waals surface area contributed by atoms with Crippen molar-refractivity contribution < 1.29 is 8.42 Å². The van der Waals surface area contributed by atoms with Gasteiger partial charge in [0, 0.05) is 18.0 Å². The van der Waals surface area contributed by atoms with Gasteiger partial charge in [0.05, 0.1) is 0 Å². The predicted molar refractivity (Wildman–Crippen MR) is 53.9 cm³/mol. The number of hydrogen-bond donors (Lipinski definition) is 0. The van der Waals surface area contributed by atoms with Gasteiger partial charge >= 0.3 is 0 Å². The summed E-state index contributed by atoms with van der Waals surface area (Å²) in [6.45, 7) is 3.78. The molecule has 0 aliphatic rings. The summed E-state index contributed by atoms with van der Waals surface area (Å²) in [5.41, 5.74) is 0.783. The first-order chi connectivity index (χ1) is 6.86. The minimum Gasteiger partial charge on any atom is -0.226 e. The topological polar surface area (TPSA) is 83.7 Å². The third-order valence-corrected chi connectivity index (χ3v) is 2.71. The third-order valence-electron chi connectivity index (χ3n) is 1.85. The van der Waals surface area contributed by atoms with E-state index >= 15 is 0 Å². The molecule has 0 radical (unpaired) electrons. The summed E-state index contributed by atoms with van der Waals surface area (Å²) >= 11 is 0. The van der Waals surface area contributed by atoms with Crippen molar-refractivity contribution >= 4 is 9.84 Å². The van der Waals surface area contributed by atoms with Crippen molar-refractivity contribution in [2.75, 3.05) is 6.26 Å². The van der Waals surface area contributed by atoms with E-state index in [2.05, 4.69) is 9.97 Å². The minimum atomic E-state index is -3.45. The van der Waals surface area contributed by atoms with Gasteiger partial charge in [-0.2, -0.15) is 5.26 Å². The molecule has 80 valence electrons.